The first-order valence-corrected chi connectivity index (χ1v) is 14.0. The zero-order valence-electron chi connectivity index (χ0n) is 19.8. The van der Waals surface area contributed by atoms with Crippen LogP contribution in [0.3, 0.4) is 0 Å². The molecule has 190 valence electrons. The summed E-state index contributed by atoms with van der Waals surface area (Å²) in [6.45, 7) is 1.32. The van der Waals surface area contributed by atoms with E-state index in [1.54, 1.807) is 11.8 Å². The minimum Gasteiger partial charge on any atom is -0.548 e. The molecule has 0 saturated carbocycles. The molecule has 0 saturated heterocycles. The third-order valence-corrected chi connectivity index (χ3v) is 7.07. The maximum absolute atomic E-state index is 12.0. The van der Waals surface area contributed by atoms with Gasteiger partial charge >= 0.3 is 0 Å². The minimum absolute atomic E-state index is 0.0358. The number of aromatic nitrogens is 3. The Morgan fingerprint density at radius 2 is 2.11 bits per heavy atom. The Bertz CT molecular complexity index is 1380. The van der Waals surface area contributed by atoms with Crippen LogP contribution in [0.2, 0.25) is 0 Å². The fourth-order valence-corrected chi connectivity index (χ4v) is 5.32. The Kier molecular flexibility index (Phi) is 8.77. The van der Waals surface area contributed by atoms with E-state index in [4.69, 9.17) is 15.9 Å². The summed E-state index contributed by atoms with van der Waals surface area (Å²) in [4.78, 5) is 15.0. The number of hydrogen-bond acceptors (Lipinski definition) is 10. The molecular weight excluding hydrogens is 519 g/mol. The molecule has 0 radical (unpaired) electrons. The largest absolute Gasteiger partial charge is 0.548 e. The average Bonchev–Trinajstić information content (AvgIpc) is 3.54. The van der Waals surface area contributed by atoms with E-state index in [-0.39, 0.29) is 5.96 Å². The summed E-state index contributed by atoms with van der Waals surface area (Å²) >= 11 is 1.50. The van der Waals surface area contributed by atoms with E-state index in [2.05, 4.69) is 33.9 Å². The fraction of sp³-hybridized carbons (Fsp3) is 0.273. The summed E-state index contributed by atoms with van der Waals surface area (Å²) in [6, 6.07) is 11.6. The predicted molar refractivity (Wildman–Crippen MR) is 146 cm³/mol. The molecule has 0 fully saturated rings. The van der Waals surface area contributed by atoms with Gasteiger partial charge in [0.2, 0.25) is 16.4 Å². The van der Waals surface area contributed by atoms with Crippen molar-refractivity contribution in [1.82, 2.24) is 18.6 Å². The van der Waals surface area contributed by atoms with Crippen LogP contribution < -0.4 is 22.3 Å². The molecule has 1 aromatic carbocycles. The number of hydrogen-bond donors (Lipinski definition) is 4. The number of rotatable bonds is 11. The second-order valence-electron chi connectivity index (χ2n) is 7.94. The molecule has 4 aromatic rings. The number of guanidine groups is 1. The number of nitrogens with one attached hydrogen (secondary N) is 2. The highest BCUT2D eigenvalue weighted by Crippen LogP contribution is 2.28. The van der Waals surface area contributed by atoms with Crippen LogP contribution in [0.1, 0.15) is 11.5 Å². The lowest BCUT2D eigenvalue weighted by Gasteiger charge is -2.05. The number of furan rings is 1. The Morgan fingerprint density at radius 3 is 2.92 bits per heavy atom. The van der Waals surface area contributed by atoms with Crippen molar-refractivity contribution in [2.24, 2.45) is 21.5 Å². The van der Waals surface area contributed by atoms with Gasteiger partial charge in [-0.1, -0.05) is 12.1 Å². The maximum atomic E-state index is 12.0. The first-order valence-electron chi connectivity index (χ1n) is 10.9. The van der Waals surface area contributed by atoms with Gasteiger partial charge in [-0.25, -0.2) is 4.98 Å². The van der Waals surface area contributed by atoms with Gasteiger partial charge in [0.15, 0.2) is 17.1 Å². The molecule has 0 bridgehead atoms. The van der Waals surface area contributed by atoms with Gasteiger partial charge in [0, 0.05) is 26.8 Å². The van der Waals surface area contributed by atoms with Gasteiger partial charge in [0.25, 0.3) is 0 Å². The first-order chi connectivity index (χ1) is 17.4. The van der Waals surface area contributed by atoms with Crippen LogP contribution in [-0.2, 0) is 12.3 Å². The van der Waals surface area contributed by atoms with E-state index in [1.165, 1.54) is 11.3 Å². The SMILES string of the molecule is CN(C)Cc1ccc(CSCCN=c2[nH][s+]([O-])nc2Nc2cccc(-c3csc(N=C(N)N)n3)c2)o1. The molecule has 0 spiro atoms. The average molecular weight is 546 g/mol. The highest BCUT2D eigenvalue weighted by molar-refractivity contribution is 7.98. The van der Waals surface area contributed by atoms with E-state index >= 15 is 0 Å². The molecule has 0 aliphatic rings. The van der Waals surface area contributed by atoms with Crippen molar-refractivity contribution in [2.45, 2.75) is 12.3 Å². The van der Waals surface area contributed by atoms with Crippen LogP contribution in [0, 0.1) is 0 Å². The molecule has 14 heteroatoms. The molecule has 0 aliphatic heterocycles. The topological polar surface area (TPSA) is 170 Å². The standard InChI is InChI=1S/C22H27N9O2S3/c1-31(2)11-16-6-7-17(33-16)12-34-9-8-25-19-20(30-36(32)29-19)26-15-5-3-4-14(10-15)18-13-35-22(27-18)28-21(23)24/h3-7,10,13H,8-9,11-12H2,1-2H3,(H,25,29)(H,26,30)(H4,23,24,27,28). The highest BCUT2D eigenvalue weighted by Gasteiger charge is 2.11. The zero-order chi connectivity index (χ0) is 25.5. The quantitative estimate of drug-likeness (QED) is 0.0954. The molecule has 11 nitrogen and oxygen atoms in total. The zero-order valence-corrected chi connectivity index (χ0v) is 22.3. The molecule has 6 N–H and O–H groups in total. The summed E-state index contributed by atoms with van der Waals surface area (Å²) < 4.78 is 24.8. The maximum Gasteiger partial charge on any atom is 0.236 e. The fourth-order valence-electron chi connectivity index (χ4n) is 3.21. The molecule has 4 rings (SSSR count). The van der Waals surface area contributed by atoms with Gasteiger partial charge in [0.05, 0.1) is 24.5 Å². The summed E-state index contributed by atoms with van der Waals surface area (Å²) in [5.74, 6) is 3.84. The van der Waals surface area contributed by atoms with E-state index in [0.29, 0.717) is 23.0 Å². The lowest BCUT2D eigenvalue weighted by atomic mass is 10.1. The van der Waals surface area contributed by atoms with Gasteiger partial charge in [-0.3, -0.25) is 4.99 Å². The molecule has 0 amide bonds. The van der Waals surface area contributed by atoms with E-state index in [9.17, 15) is 4.55 Å². The van der Waals surface area contributed by atoms with E-state index in [0.717, 1.165) is 46.5 Å². The number of aromatic amines is 1. The second-order valence-corrected chi connectivity index (χ2v) is 10.8. The lowest BCUT2D eigenvalue weighted by Crippen LogP contribution is -2.21. The highest BCUT2D eigenvalue weighted by atomic mass is 32.2. The van der Waals surface area contributed by atoms with Crippen molar-refractivity contribution >= 4 is 56.8 Å². The number of nitrogens with two attached hydrogens (primary N) is 2. The molecule has 0 aliphatic carbocycles. The van der Waals surface area contributed by atoms with Crippen molar-refractivity contribution in [3.8, 4) is 11.3 Å². The number of H-pyrrole nitrogens is 1. The molecule has 1 atom stereocenters. The van der Waals surface area contributed by atoms with Crippen molar-refractivity contribution in [3.05, 3.63) is 58.8 Å². The Labute approximate surface area is 219 Å². The third kappa shape index (κ3) is 7.41. The molecule has 3 heterocycles. The van der Waals surface area contributed by atoms with Crippen LogP contribution >= 0.6 is 34.2 Å². The van der Waals surface area contributed by atoms with Crippen molar-refractivity contribution in [2.75, 3.05) is 31.7 Å². The number of thioether (sulfide) groups is 1. The van der Waals surface area contributed by atoms with Gasteiger partial charge in [-0.15, -0.1) is 15.7 Å². The van der Waals surface area contributed by atoms with E-state index in [1.807, 2.05) is 55.9 Å². The lowest BCUT2D eigenvalue weighted by molar-refractivity contribution is 0.344. The normalized spacial score (nSPS) is 12.3. The molecular formula is C22H27N9O2S3. The van der Waals surface area contributed by atoms with Crippen LogP contribution in [0.5, 0.6) is 0 Å². The van der Waals surface area contributed by atoms with Gasteiger partial charge in [-0.05, 0) is 38.4 Å². The van der Waals surface area contributed by atoms with Crippen molar-refractivity contribution in [3.63, 3.8) is 0 Å². The number of nitrogens with zero attached hydrogens (tertiary/aromatic N) is 5. The Balaban J connectivity index is 1.36. The summed E-state index contributed by atoms with van der Waals surface area (Å²) in [7, 11) is 4.02. The number of benzene rings is 1. The van der Waals surface area contributed by atoms with E-state index < -0.39 is 11.1 Å². The predicted octanol–water partition coefficient (Wildman–Crippen LogP) is 3.40. The Hall–Kier alpha value is -3.17. The molecule has 1 unspecified atom stereocenters. The molecule has 3 aromatic heterocycles. The summed E-state index contributed by atoms with van der Waals surface area (Å²) in [5.41, 5.74) is 13.7. The van der Waals surface area contributed by atoms with Crippen LogP contribution in [-0.4, -0.2) is 55.5 Å². The van der Waals surface area contributed by atoms with Gasteiger partial charge in [0.1, 0.15) is 11.5 Å². The monoisotopic (exact) mass is 545 g/mol. The van der Waals surface area contributed by atoms with Crippen molar-refractivity contribution < 1.29 is 8.97 Å². The number of anilines is 2. The van der Waals surface area contributed by atoms with Gasteiger partial charge < -0.3 is 30.7 Å². The smallest absolute Gasteiger partial charge is 0.236 e. The van der Waals surface area contributed by atoms with Crippen molar-refractivity contribution in [1.29, 1.82) is 0 Å². The summed E-state index contributed by atoms with van der Waals surface area (Å²) in [5, 5.41) is 5.56. The second kappa shape index (κ2) is 12.2. The number of thiazole rings is 1. The minimum atomic E-state index is -1.57. The van der Waals surface area contributed by atoms with Crippen LogP contribution in [0.15, 0.2) is 56.2 Å². The third-order valence-electron chi connectivity index (χ3n) is 4.66. The summed E-state index contributed by atoms with van der Waals surface area (Å²) in [6.07, 6.45) is 0. The molecule has 36 heavy (non-hydrogen) atoms. The number of aliphatic imine (C=N–C) groups is 1. The van der Waals surface area contributed by atoms with Crippen LogP contribution in [0.4, 0.5) is 16.6 Å². The van der Waals surface area contributed by atoms with Crippen LogP contribution in [0.25, 0.3) is 11.3 Å². The Morgan fingerprint density at radius 1 is 1.28 bits per heavy atom. The first kappa shape index (κ1) is 25.9. The van der Waals surface area contributed by atoms with Gasteiger partial charge in [-0.2, -0.15) is 16.8 Å².